The first-order chi connectivity index (χ1) is 12.0. The van der Waals surface area contributed by atoms with Crippen molar-refractivity contribution in [1.82, 2.24) is 15.0 Å². The van der Waals surface area contributed by atoms with Crippen LogP contribution < -0.4 is 10.5 Å². The van der Waals surface area contributed by atoms with Crippen molar-refractivity contribution in [3.63, 3.8) is 0 Å². The average Bonchev–Trinajstić information content (AvgIpc) is 2.61. The van der Waals surface area contributed by atoms with Crippen LogP contribution in [0.3, 0.4) is 0 Å². The Morgan fingerprint density at radius 2 is 1.92 bits per heavy atom. The van der Waals surface area contributed by atoms with Gasteiger partial charge in [0.1, 0.15) is 5.82 Å². The molecule has 0 aliphatic rings. The number of unbranched alkanes of at least 4 members (excludes halogenated alkanes) is 1. The number of pyridine rings is 1. The number of nitrogens with zero attached hydrogens (tertiary/aromatic N) is 3. The van der Waals surface area contributed by atoms with E-state index in [-0.39, 0.29) is 5.78 Å². The maximum Gasteiger partial charge on any atom is 0.316 e. The Hall–Kier alpha value is -2.76. The van der Waals surface area contributed by atoms with E-state index in [9.17, 15) is 4.79 Å². The van der Waals surface area contributed by atoms with Crippen LogP contribution in [0.25, 0.3) is 6.08 Å². The van der Waals surface area contributed by atoms with Gasteiger partial charge in [-0.3, -0.25) is 4.79 Å². The number of hydrogen-bond donors (Lipinski definition) is 1. The van der Waals surface area contributed by atoms with E-state index in [1.807, 2.05) is 13.8 Å². The lowest BCUT2D eigenvalue weighted by Gasteiger charge is -2.08. The summed E-state index contributed by atoms with van der Waals surface area (Å²) in [5, 5.41) is 0. The largest absolute Gasteiger partial charge is 0.467 e. The number of ketones is 1. The van der Waals surface area contributed by atoms with E-state index in [4.69, 9.17) is 10.5 Å². The molecule has 0 aromatic carbocycles. The van der Waals surface area contributed by atoms with Crippen molar-refractivity contribution < 1.29 is 9.53 Å². The first-order valence-electron chi connectivity index (χ1n) is 8.29. The maximum absolute atomic E-state index is 11.9. The zero-order valence-corrected chi connectivity index (χ0v) is 15.0. The third-order valence-corrected chi connectivity index (χ3v) is 3.93. The number of hydrogen-bond acceptors (Lipinski definition) is 6. The summed E-state index contributed by atoms with van der Waals surface area (Å²) in [6, 6.07) is 2.37. The molecule has 2 heterocycles. The van der Waals surface area contributed by atoms with Crippen LogP contribution in [-0.2, 0) is 11.2 Å². The van der Waals surface area contributed by atoms with Crippen LogP contribution in [0.2, 0.25) is 0 Å². The van der Waals surface area contributed by atoms with Gasteiger partial charge in [0.05, 0.1) is 7.11 Å². The predicted molar refractivity (Wildman–Crippen MR) is 98.3 cm³/mol. The third kappa shape index (κ3) is 5.67. The summed E-state index contributed by atoms with van der Waals surface area (Å²) in [6.07, 6.45) is 9.58. The number of carbonyl (C=O) groups excluding carboxylic acids is 1. The summed E-state index contributed by atoms with van der Waals surface area (Å²) >= 11 is 0. The molecule has 2 rings (SSSR count). The Morgan fingerprint density at radius 1 is 1.20 bits per heavy atom. The molecule has 25 heavy (non-hydrogen) atoms. The number of ether oxygens (including phenoxy) is 1. The van der Waals surface area contributed by atoms with E-state index in [2.05, 4.69) is 21.0 Å². The van der Waals surface area contributed by atoms with E-state index < -0.39 is 0 Å². The highest BCUT2D eigenvalue weighted by atomic mass is 16.5. The maximum atomic E-state index is 11.9. The van der Waals surface area contributed by atoms with Crippen LogP contribution in [0, 0.1) is 13.8 Å². The van der Waals surface area contributed by atoms with Crippen molar-refractivity contribution in [2.45, 2.75) is 39.5 Å². The Balaban J connectivity index is 1.76. The molecular weight excluding hydrogens is 316 g/mol. The summed E-state index contributed by atoms with van der Waals surface area (Å²) in [7, 11) is 1.51. The Kier molecular flexibility index (Phi) is 6.62. The monoisotopic (exact) mass is 340 g/mol. The normalized spacial score (nSPS) is 11.0. The molecule has 0 radical (unpaired) electrons. The fourth-order valence-corrected chi connectivity index (χ4v) is 2.44. The molecule has 0 amide bonds. The molecule has 2 N–H and O–H groups in total. The summed E-state index contributed by atoms with van der Waals surface area (Å²) in [5.74, 6) is 0.672. The molecule has 0 spiro atoms. The van der Waals surface area contributed by atoms with Gasteiger partial charge in [-0.25, -0.2) is 15.0 Å². The molecule has 0 saturated heterocycles. The van der Waals surface area contributed by atoms with E-state index in [0.717, 1.165) is 41.6 Å². The first kappa shape index (κ1) is 18.6. The fraction of sp³-hybridized carbons (Fsp3) is 0.368. The van der Waals surface area contributed by atoms with Crippen LogP contribution >= 0.6 is 0 Å². The number of allylic oxidation sites excluding steroid dienone is 1. The highest BCUT2D eigenvalue weighted by Gasteiger charge is 2.05. The summed E-state index contributed by atoms with van der Waals surface area (Å²) in [5.41, 5.74) is 9.80. The van der Waals surface area contributed by atoms with E-state index in [0.29, 0.717) is 18.2 Å². The molecule has 0 saturated carbocycles. The standard InChI is InChI=1S/C19H24N4O2/c1-13-10-14(2)18(20)23-17(13)7-5-4-6-16(24)9-8-15-11-21-19(25-3)22-12-15/h8-12H,4-7H2,1-3H3,(H2,20,23)/b9-8+. The van der Waals surface area contributed by atoms with Gasteiger partial charge < -0.3 is 10.5 Å². The molecular formula is C19H24N4O2. The van der Waals surface area contributed by atoms with Gasteiger partial charge in [-0.2, -0.15) is 0 Å². The van der Waals surface area contributed by atoms with E-state index in [1.54, 1.807) is 24.5 Å². The Bertz CT molecular complexity index is 755. The van der Waals surface area contributed by atoms with Gasteiger partial charge in [0.25, 0.3) is 0 Å². The van der Waals surface area contributed by atoms with E-state index in [1.165, 1.54) is 7.11 Å². The number of carbonyl (C=O) groups is 1. The zero-order chi connectivity index (χ0) is 18.2. The number of methoxy groups -OCH3 is 1. The van der Waals surface area contributed by atoms with Crippen molar-refractivity contribution in [2.75, 3.05) is 12.8 Å². The summed E-state index contributed by atoms with van der Waals surface area (Å²) in [6.45, 7) is 4.00. The second-order valence-electron chi connectivity index (χ2n) is 5.96. The minimum Gasteiger partial charge on any atom is -0.467 e. The second kappa shape index (κ2) is 8.92. The fourth-order valence-electron chi connectivity index (χ4n) is 2.44. The minimum atomic E-state index is 0.0870. The van der Waals surface area contributed by atoms with Crippen LogP contribution in [0.15, 0.2) is 24.5 Å². The number of aryl methyl sites for hydroxylation is 3. The Labute approximate surface area is 148 Å². The number of rotatable bonds is 8. The topological polar surface area (TPSA) is 91.0 Å². The van der Waals surface area contributed by atoms with Crippen LogP contribution in [0.1, 0.15) is 41.6 Å². The van der Waals surface area contributed by atoms with Crippen molar-refractivity contribution in [3.05, 3.63) is 46.9 Å². The molecule has 132 valence electrons. The molecule has 0 bridgehead atoms. The molecule has 2 aromatic heterocycles. The smallest absolute Gasteiger partial charge is 0.316 e. The van der Waals surface area contributed by atoms with Crippen molar-refractivity contribution in [3.8, 4) is 6.01 Å². The summed E-state index contributed by atoms with van der Waals surface area (Å²) in [4.78, 5) is 24.3. The van der Waals surface area contributed by atoms with Gasteiger partial charge in [-0.15, -0.1) is 0 Å². The first-order valence-corrected chi connectivity index (χ1v) is 8.29. The number of anilines is 1. The predicted octanol–water partition coefficient (Wildman–Crippen LogP) is 3.07. The van der Waals surface area contributed by atoms with Gasteiger partial charge >= 0.3 is 6.01 Å². The summed E-state index contributed by atoms with van der Waals surface area (Å²) < 4.78 is 4.89. The highest BCUT2D eigenvalue weighted by Crippen LogP contribution is 2.16. The third-order valence-electron chi connectivity index (χ3n) is 3.93. The molecule has 0 unspecified atom stereocenters. The van der Waals surface area contributed by atoms with Crippen molar-refractivity contribution in [2.24, 2.45) is 0 Å². The molecule has 0 fully saturated rings. The SMILES string of the molecule is COc1ncc(/C=C/C(=O)CCCCc2nc(N)c(C)cc2C)cn1. The molecule has 6 heteroatoms. The van der Waals surface area contributed by atoms with Crippen molar-refractivity contribution >= 4 is 17.7 Å². The van der Waals surface area contributed by atoms with E-state index >= 15 is 0 Å². The van der Waals surface area contributed by atoms with Gasteiger partial charge in [0.15, 0.2) is 5.78 Å². The van der Waals surface area contributed by atoms with Crippen LogP contribution in [0.4, 0.5) is 5.82 Å². The zero-order valence-electron chi connectivity index (χ0n) is 15.0. The molecule has 0 aliphatic carbocycles. The number of aromatic nitrogens is 3. The number of nitrogens with two attached hydrogens (primary N) is 1. The highest BCUT2D eigenvalue weighted by molar-refractivity contribution is 5.93. The lowest BCUT2D eigenvalue weighted by atomic mass is 10.0. The second-order valence-corrected chi connectivity index (χ2v) is 5.96. The molecule has 0 atom stereocenters. The van der Waals surface area contributed by atoms with Gasteiger partial charge in [0.2, 0.25) is 0 Å². The Morgan fingerprint density at radius 3 is 2.60 bits per heavy atom. The van der Waals surface area contributed by atoms with Gasteiger partial charge in [-0.1, -0.05) is 6.07 Å². The average molecular weight is 340 g/mol. The number of nitrogen functional groups attached to an aromatic ring is 1. The lowest BCUT2D eigenvalue weighted by Crippen LogP contribution is -2.02. The minimum absolute atomic E-state index is 0.0870. The van der Waals surface area contributed by atoms with Gasteiger partial charge in [-0.05, 0) is 56.4 Å². The molecule has 6 nitrogen and oxygen atoms in total. The van der Waals surface area contributed by atoms with Crippen LogP contribution in [-0.4, -0.2) is 27.8 Å². The molecule has 0 aliphatic heterocycles. The van der Waals surface area contributed by atoms with Crippen molar-refractivity contribution in [1.29, 1.82) is 0 Å². The lowest BCUT2D eigenvalue weighted by molar-refractivity contribution is -0.114. The quantitative estimate of drug-likeness (QED) is 0.586. The van der Waals surface area contributed by atoms with Crippen LogP contribution in [0.5, 0.6) is 6.01 Å². The van der Waals surface area contributed by atoms with Gasteiger partial charge in [0, 0.05) is 30.1 Å². The molecule has 2 aromatic rings.